The van der Waals surface area contributed by atoms with Crippen molar-refractivity contribution in [1.29, 1.82) is 0 Å². The van der Waals surface area contributed by atoms with Crippen LogP contribution < -0.4 is 5.32 Å². The third-order valence-corrected chi connectivity index (χ3v) is 6.10. The van der Waals surface area contributed by atoms with Crippen LogP contribution in [0, 0.1) is 11.3 Å². The molecule has 2 atom stereocenters. The van der Waals surface area contributed by atoms with Gasteiger partial charge in [0.15, 0.2) is 0 Å². The molecular weight excluding hydrogens is 238 g/mol. The van der Waals surface area contributed by atoms with Crippen LogP contribution in [0.15, 0.2) is 0 Å². The molecule has 18 heavy (non-hydrogen) atoms. The molecule has 1 aliphatic heterocycles. The molecule has 0 aromatic heterocycles. The van der Waals surface area contributed by atoms with Gasteiger partial charge in [-0.05, 0) is 44.2 Å². The quantitative estimate of drug-likeness (QED) is 0.564. The van der Waals surface area contributed by atoms with Gasteiger partial charge in [-0.25, -0.2) is 0 Å². The molecule has 1 heterocycles. The van der Waals surface area contributed by atoms with Gasteiger partial charge in [0, 0.05) is 26.6 Å². The number of hydrogen-bond acceptors (Lipinski definition) is 2. The predicted octanol–water partition coefficient (Wildman–Crippen LogP) is 3.51. The highest BCUT2D eigenvalue weighted by molar-refractivity contribution is 6.76. The Kier molecular flexibility index (Phi) is 4.55. The first-order chi connectivity index (χ1) is 8.47. The summed E-state index contributed by atoms with van der Waals surface area (Å²) >= 11 is 0. The average Bonchev–Trinajstić information content (AvgIpc) is 3.01. The molecule has 0 radical (unpaired) electrons. The van der Waals surface area contributed by atoms with E-state index in [0.717, 1.165) is 19.1 Å². The summed E-state index contributed by atoms with van der Waals surface area (Å²) in [5, 5.41) is 3.70. The van der Waals surface area contributed by atoms with E-state index in [4.69, 9.17) is 4.74 Å². The van der Waals surface area contributed by atoms with Gasteiger partial charge in [-0.1, -0.05) is 26.6 Å². The monoisotopic (exact) mass is 269 g/mol. The van der Waals surface area contributed by atoms with Crippen molar-refractivity contribution in [1.82, 2.24) is 5.32 Å². The molecule has 2 nitrogen and oxygen atoms in total. The van der Waals surface area contributed by atoms with Gasteiger partial charge < -0.3 is 10.1 Å². The topological polar surface area (TPSA) is 21.3 Å². The van der Waals surface area contributed by atoms with Crippen LogP contribution in [0.1, 0.15) is 32.6 Å². The molecule has 2 rings (SSSR count). The van der Waals surface area contributed by atoms with E-state index in [0.29, 0.717) is 11.5 Å². The smallest absolute Gasteiger partial charge is 0.0669 e. The molecule has 1 N–H and O–H groups in total. The Morgan fingerprint density at radius 1 is 1.28 bits per heavy atom. The van der Waals surface area contributed by atoms with Gasteiger partial charge in [-0.2, -0.15) is 0 Å². The van der Waals surface area contributed by atoms with Crippen LogP contribution in [0.5, 0.6) is 0 Å². The van der Waals surface area contributed by atoms with Gasteiger partial charge in [0.25, 0.3) is 0 Å². The minimum absolute atomic E-state index is 0.459. The summed E-state index contributed by atoms with van der Waals surface area (Å²) in [6.07, 6.45) is 5.90. The molecule has 3 heteroatoms. The normalized spacial score (nSPS) is 33.0. The van der Waals surface area contributed by atoms with Crippen LogP contribution in [-0.2, 0) is 4.74 Å². The van der Waals surface area contributed by atoms with E-state index >= 15 is 0 Å². The second-order valence-electron chi connectivity index (χ2n) is 7.66. The highest BCUT2D eigenvalue weighted by Crippen LogP contribution is 2.51. The number of rotatable bonds is 7. The van der Waals surface area contributed by atoms with Crippen molar-refractivity contribution in [3.8, 4) is 0 Å². The fraction of sp³-hybridized carbons (Fsp3) is 1.00. The molecule has 1 saturated carbocycles. The maximum atomic E-state index is 6.15. The van der Waals surface area contributed by atoms with E-state index in [1.54, 1.807) is 0 Å². The van der Waals surface area contributed by atoms with E-state index in [-0.39, 0.29) is 0 Å². The van der Waals surface area contributed by atoms with Gasteiger partial charge in [-0.15, -0.1) is 0 Å². The van der Waals surface area contributed by atoms with Crippen molar-refractivity contribution >= 4 is 8.07 Å². The summed E-state index contributed by atoms with van der Waals surface area (Å²) in [5.41, 5.74) is 0.459. The van der Waals surface area contributed by atoms with E-state index < -0.39 is 8.07 Å². The molecule has 2 aliphatic rings. The van der Waals surface area contributed by atoms with Crippen LogP contribution in [0.3, 0.4) is 0 Å². The van der Waals surface area contributed by atoms with Crippen molar-refractivity contribution in [2.24, 2.45) is 11.3 Å². The summed E-state index contributed by atoms with van der Waals surface area (Å²) in [4.78, 5) is 0. The Bertz CT molecular complexity index is 272. The summed E-state index contributed by atoms with van der Waals surface area (Å²) < 4.78 is 6.15. The predicted molar refractivity (Wildman–Crippen MR) is 80.8 cm³/mol. The maximum absolute atomic E-state index is 6.15. The van der Waals surface area contributed by atoms with E-state index in [1.165, 1.54) is 38.3 Å². The third-order valence-electron chi connectivity index (χ3n) is 4.34. The van der Waals surface area contributed by atoms with Gasteiger partial charge in [-0.3, -0.25) is 0 Å². The van der Waals surface area contributed by atoms with Crippen LogP contribution >= 0.6 is 0 Å². The zero-order chi connectivity index (χ0) is 13.2. The Morgan fingerprint density at radius 3 is 2.56 bits per heavy atom. The molecule has 1 aliphatic carbocycles. The van der Waals surface area contributed by atoms with Crippen LogP contribution in [0.25, 0.3) is 0 Å². The molecule has 0 spiro atoms. The molecule has 0 aromatic rings. The van der Waals surface area contributed by atoms with E-state index in [2.05, 4.69) is 31.9 Å². The Balaban J connectivity index is 2.05. The van der Waals surface area contributed by atoms with Crippen molar-refractivity contribution in [3.63, 3.8) is 0 Å². The van der Waals surface area contributed by atoms with Gasteiger partial charge in [0.2, 0.25) is 0 Å². The molecule has 1 saturated heterocycles. The highest BCUT2D eigenvalue weighted by atomic mass is 28.3. The minimum Gasteiger partial charge on any atom is -0.377 e. The molecule has 106 valence electrons. The summed E-state index contributed by atoms with van der Waals surface area (Å²) in [5.74, 6) is 0.882. The summed E-state index contributed by atoms with van der Waals surface area (Å²) in [7, 11) is -1.03. The van der Waals surface area contributed by atoms with Crippen LogP contribution in [0.4, 0.5) is 0 Å². The second kappa shape index (κ2) is 5.64. The lowest BCUT2D eigenvalue weighted by molar-refractivity contribution is 0.0383. The van der Waals surface area contributed by atoms with Gasteiger partial charge in [0.1, 0.15) is 0 Å². The highest BCUT2D eigenvalue weighted by Gasteiger charge is 2.51. The van der Waals surface area contributed by atoms with Crippen molar-refractivity contribution < 1.29 is 4.74 Å². The molecule has 0 amide bonds. The zero-order valence-electron chi connectivity index (χ0n) is 12.7. The average molecular weight is 270 g/mol. The van der Waals surface area contributed by atoms with E-state index in [9.17, 15) is 0 Å². The number of hydrogen-bond donors (Lipinski definition) is 1. The first kappa shape index (κ1) is 14.5. The van der Waals surface area contributed by atoms with Gasteiger partial charge in [0.05, 0.1) is 6.10 Å². The van der Waals surface area contributed by atoms with Crippen LogP contribution in [-0.4, -0.2) is 33.9 Å². The Morgan fingerprint density at radius 2 is 2.00 bits per heavy atom. The summed E-state index contributed by atoms with van der Waals surface area (Å²) in [6.45, 7) is 13.1. The fourth-order valence-corrected chi connectivity index (χ4v) is 6.37. The SMILES string of the molecule is CCCNCC1(C[Si](C)(C)C)CCOC1C1CC1. The largest absolute Gasteiger partial charge is 0.377 e. The molecule has 0 aromatic carbocycles. The van der Waals surface area contributed by atoms with Crippen molar-refractivity contribution in [2.45, 2.75) is 64.4 Å². The Hall–Kier alpha value is 0.137. The Labute approximate surface area is 114 Å². The zero-order valence-corrected chi connectivity index (χ0v) is 13.7. The lowest BCUT2D eigenvalue weighted by Gasteiger charge is -2.39. The lowest BCUT2D eigenvalue weighted by atomic mass is 9.80. The first-order valence-electron chi connectivity index (χ1n) is 7.79. The standard InChI is InChI=1S/C15H31NOSi/c1-5-9-16-11-15(12-18(2,3)4)8-10-17-14(15)13-6-7-13/h13-14,16H,5-12H2,1-4H3. The van der Waals surface area contributed by atoms with E-state index in [1.807, 2.05) is 0 Å². The van der Waals surface area contributed by atoms with Gasteiger partial charge >= 0.3 is 0 Å². The molecule has 2 unspecified atom stereocenters. The first-order valence-corrected chi connectivity index (χ1v) is 11.5. The summed E-state index contributed by atoms with van der Waals surface area (Å²) in [6, 6.07) is 1.43. The minimum atomic E-state index is -1.03. The molecule has 0 bridgehead atoms. The molecule has 2 fully saturated rings. The molecular formula is C15H31NOSi. The van der Waals surface area contributed by atoms with Crippen molar-refractivity contribution in [3.05, 3.63) is 0 Å². The number of nitrogens with one attached hydrogen (secondary N) is 1. The second-order valence-corrected chi connectivity index (χ2v) is 13.1. The maximum Gasteiger partial charge on any atom is 0.0669 e. The fourth-order valence-electron chi connectivity index (χ4n) is 3.75. The number of ether oxygens (including phenoxy) is 1. The van der Waals surface area contributed by atoms with Crippen LogP contribution in [0.2, 0.25) is 25.7 Å². The lowest BCUT2D eigenvalue weighted by Crippen LogP contribution is -2.46. The third kappa shape index (κ3) is 3.58. The van der Waals surface area contributed by atoms with Crippen molar-refractivity contribution in [2.75, 3.05) is 19.7 Å².